The number of amides is 2. The minimum absolute atomic E-state index is 0.0466. The van der Waals surface area contributed by atoms with E-state index in [0.717, 1.165) is 44.1 Å². The Kier molecular flexibility index (Phi) is 8.55. The summed E-state index contributed by atoms with van der Waals surface area (Å²) in [5.41, 5.74) is -0.0154. The highest BCUT2D eigenvalue weighted by molar-refractivity contribution is 6.31. The molecule has 4 rings (SSSR count). The number of hydrogen-bond acceptors (Lipinski definition) is 7. The van der Waals surface area contributed by atoms with E-state index in [2.05, 4.69) is 35.7 Å². The molecule has 0 bridgehead atoms. The Morgan fingerprint density at radius 3 is 2.37 bits per heavy atom. The average molecular weight is 550 g/mol. The molecule has 3 aromatic rings. The fraction of sp³-hybridized carbons (Fsp3) is 0.320. The van der Waals surface area contributed by atoms with Crippen molar-refractivity contribution in [1.29, 1.82) is 0 Å². The molecule has 38 heavy (non-hydrogen) atoms. The Morgan fingerprint density at radius 1 is 1.00 bits per heavy atom. The standard InChI is InChI=1S/C25H27ClF3N7O2/c1-16-30-22(15-23(31-16)36-9-7-35(8-10-36)11-12-37)32-17-3-2-4-18(13-17)33-24(38)34-19-5-6-21(26)20(14-19)25(27,28)29/h2-6,13-15,37H,7-12H2,1H3,(H,30,31,32)(H2,33,34,38). The highest BCUT2D eigenvalue weighted by atomic mass is 35.5. The van der Waals surface area contributed by atoms with Gasteiger partial charge in [0, 0.05) is 55.9 Å². The first-order valence-corrected chi connectivity index (χ1v) is 12.2. The molecule has 0 saturated carbocycles. The van der Waals surface area contributed by atoms with Gasteiger partial charge < -0.3 is 26.0 Å². The number of piperazine rings is 1. The van der Waals surface area contributed by atoms with Crippen molar-refractivity contribution >= 4 is 46.3 Å². The second-order valence-corrected chi connectivity index (χ2v) is 9.10. The van der Waals surface area contributed by atoms with Gasteiger partial charge in [-0.15, -0.1) is 0 Å². The maximum absolute atomic E-state index is 13.1. The highest BCUT2D eigenvalue weighted by Gasteiger charge is 2.33. The van der Waals surface area contributed by atoms with Gasteiger partial charge in [0.25, 0.3) is 0 Å². The van der Waals surface area contributed by atoms with Crippen LogP contribution >= 0.6 is 11.6 Å². The molecule has 0 spiro atoms. The van der Waals surface area contributed by atoms with Crippen molar-refractivity contribution in [2.75, 3.05) is 60.2 Å². The van der Waals surface area contributed by atoms with Gasteiger partial charge in [0.1, 0.15) is 17.5 Å². The summed E-state index contributed by atoms with van der Waals surface area (Å²) in [6.45, 7) is 5.81. The number of alkyl halides is 3. The topological polar surface area (TPSA) is 106 Å². The van der Waals surface area contributed by atoms with Gasteiger partial charge >= 0.3 is 12.2 Å². The predicted molar refractivity (Wildman–Crippen MR) is 141 cm³/mol. The summed E-state index contributed by atoms with van der Waals surface area (Å²) in [5.74, 6) is 1.96. The summed E-state index contributed by atoms with van der Waals surface area (Å²) in [5, 5.41) is 16.9. The van der Waals surface area contributed by atoms with Crippen molar-refractivity contribution in [3.8, 4) is 0 Å². The summed E-state index contributed by atoms with van der Waals surface area (Å²) in [6, 6.07) is 11.1. The molecule has 0 aliphatic carbocycles. The van der Waals surface area contributed by atoms with E-state index < -0.39 is 22.8 Å². The lowest BCUT2D eigenvalue weighted by Gasteiger charge is -2.35. The van der Waals surface area contributed by atoms with Crippen LogP contribution in [0.25, 0.3) is 0 Å². The molecule has 0 unspecified atom stereocenters. The Morgan fingerprint density at radius 2 is 1.68 bits per heavy atom. The van der Waals surface area contributed by atoms with E-state index in [1.54, 1.807) is 31.2 Å². The number of aliphatic hydroxyl groups is 1. The molecular formula is C25H27ClF3N7O2. The third kappa shape index (κ3) is 7.24. The van der Waals surface area contributed by atoms with Crippen molar-refractivity contribution in [2.45, 2.75) is 13.1 Å². The van der Waals surface area contributed by atoms with E-state index in [0.29, 0.717) is 29.6 Å². The molecule has 2 amide bonds. The molecule has 1 aliphatic heterocycles. The van der Waals surface area contributed by atoms with Crippen LogP contribution in [-0.4, -0.2) is 65.3 Å². The average Bonchev–Trinajstić information content (AvgIpc) is 2.85. The van der Waals surface area contributed by atoms with Crippen LogP contribution in [-0.2, 0) is 6.18 Å². The first-order chi connectivity index (χ1) is 18.1. The molecule has 0 radical (unpaired) electrons. The molecule has 0 atom stereocenters. The molecule has 1 saturated heterocycles. The number of urea groups is 1. The van der Waals surface area contributed by atoms with Gasteiger partial charge in [-0.25, -0.2) is 14.8 Å². The monoisotopic (exact) mass is 549 g/mol. The zero-order chi connectivity index (χ0) is 27.3. The number of benzene rings is 2. The number of aliphatic hydroxyl groups excluding tert-OH is 1. The smallest absolute Gasteiger partial charge is 0.395 e. The molecule has 202 valence electrons. The maximum Gasteiger partial charge on any atom is 0.417 e. The first kappa shape index (κ1) is 27.4. The minimum atomic E-state index is -4.64. The van der Waals surface area contributed by atoms with Gasteiger partial charge in [0.2, 0.25) is 0 Å². The summed E-state index contributed by atoms with van der Waals surface area (Å²) >= 11 is 5.63. The number of carbonyl (C=O) groups is 1. The summed E-state index contributed by atoms with van der Waals surface area (Å²) in [6.07, 6.45) is -4.64. The van der Waals surface area contributed by atoms with Crippen LogP contribution in [0.4, 0.5) is 46.7 Å². The number of anilines is 5. The number of halogens is 4. The maximum atomic E-state index is 13.1. The second-order valence-electron chi connectivity index (χ2n) is 8.69. The lowest BCUT2D eigenvalue weighted by atomic mass is 10.2. The van der Waals surface area contributed by atoms with Crippen molar-refractivity contribution in [3.63, 3.8) is 0 Å². The van der Waals surface area contributed by atoms with Gasteiger partial charge in [0.05, 0.1) is 17.2 Å². The number of β-amino-alcohol motifs (C(OH)–C–C–N with tert-alkyl or cyclic N) is 1. The number of nitrogens with zero attached hydrogens (tertiary/aromatic N) is 4. The van der Waals surface area contributed by atoms with E-state index in [9.17, 15) is 18.0 Å². The van der Waals surface area contributed by atoms with Crippen molar-refractivity contribution in [1.82, 2.24) is 14.9 Å². The van der Waals surface area contributed by atoms with Gasteiger partial charge in [-0.3, -0.25) is 4.90 Å². The van der Waals surface area contributed by atoms with E-state index in [1.165, 1.54) is 6.07 Å². The van der Waals surface area contributed by atoms with Crippen LogP contribution in [0.3, 0.4) is 0 Å². The first-order valence-electron chi connectivity index (χ1n) is 11.9. The molecule has 2 heterocycles. The van der Waals surface area contributed by atoms with Crippen LogP contribution in [0.15, 0.2) is 48.5 Å². The van der Waals surface area contributed by atoms with Gasteiger partial charge in [-0.1, -0.05) is 17.7 Å². The molecule has 1 aliphatic rings. The molecule has 4 N–H and O–H groups in total. The van der Waals surface area contributed by atoms with Crippen LogP contribution in [0.5, 0.6) is 0 Å². The Bertz CT molecular complexity index is 1280. The Labute approximate surface area is 222 Å². The Hall–Kier alpha value is -3.61. The SMILES string of the molecule is Cc1nc(Nc2cccc(NC(=O)Nc3ccc(Cl)c(C(F)(F)F)c3)c2)cc(N2CCN(CCO)CC2)n1. The second kappa shape index (κ2) is 11.8. The van der Waals surface area contributed by atoms with Crippen molar-refractivity contribution < 1.29 is 23.1 Å². The van der Waals surface area contributed by atoms with Gasteiger partial charge in [0.15, 0.2) is 0 Å². The number of nitrogens with one attached hydrogen (secondary N) is 3. The van der Waals surface area contributed by atoms with Crippen LogP contribution < -0.4 is 20.9 Å². The number of aromatic nitrogens is 2. The summed E-state index contributed by atoms with van der Waals surface area (Å²) < 4.78 is 39.3. The van der Waals surface area contributed by atoms with Gasteiger partial charge in [-0.2, -0.15) is 13.2 Å². The highest BCUT2D eigenvalue weighted by Crippen LogP contribution is 2.36. The normalized spacial score (nSPS) is 14.3. The third-order valence-electron chi connectivity index (χ3n) is 5.86. The number of carbonyl (C=O) groups excluding carboxylic acids is 1. The van der Waals surface area contributed by atoms with Gasteiger partial charge in [-0.05, 0) is 43.3 Å². The van der Waals surface area contributed by atoms with E-state index in [1.807, 2.05) is 6.07 Å². The van der Waals surface area contributed by atoms with E-state index in [-0.39, 0.29) is 12.3 Å². The Balaban J connectivity index is 1.40. The molecule has 13 heteroatoms. The van der Waals surface area contributed by atoms with Crippen LogP contribution in [0, 0.1) is 6.92 Å². The lowest BCUT2D eigenvalue weighted by Crippen LogP contribution is -2.47. The number of hydrogen-bond donors (Lipinski definition) is 4. The van der Waals surface area contributed by atoms with E-state index >= 15 is 0 Å². The molecular weight excluding hydrogens is 523 g/mol. The fourth-order valence-corrected chi connectivity index (χ4v) is 4.28. The zero-order valence-electron chi connectivity index (χ0n) is 20.5. The van der Waals surface area contributed by atoms with Crippen LogP contribution in [0.2, 0.25) is 5.02 Å². The fourth-order valence-electron chi connectivity index (χ4n) is 4.06. The number of rotatable bonds is 7. The minimum Gasteiger partial charge on any atom is -0.395 e. The van der Waals surface area contributed by atoms with Crippen molar-refractivity contribution in [2.24, 2.45) is 0 Å². The third-order valence-corrected chi connectivity index (χ3v) is 6.19. The molecule has 9 nitrogen and oxygen atoms in total. The number of aryl methyl sites for hydroxylation is 1. The quantitative estimate of drug-likeness (QED) is 0.330. The molecule has 1 aromatic heterocycles. The van der Waals surface area contributed by atoms with Crippen LogP contribution in [0.1, 0.15) is 11.4 Å². The van der Waals surface area contributed by atoms with E-state index in [4.69, 9.17) is 16.7 Å². The summed E-state index contributed by atoms with van der Waals surface area (Å²) in [7, 11) is 0. The van der Waals surface area contributed by atoms with Crippen molar-refractivity contribution in [3.05, 3.63) is 64.9 Å². The summed E-state index contributed by atoms with van der Waals surface area (Å²) in [4.78, 5) is 25.8. The largest absolute Gasteiger partial charge is 0.417 e. The molecule has 1 fully saturated rings. The zero-order valence-corrected chi connectivity index (χ0v) is 21.3. The molecule has 2 aromatic carbocycles. The lowest BCUT2D eigenvalue weighted by molar-refractivity contribution is -0.137. The predicted octanol–water partition coefficient (Wildman–Crippen LogP) is 4.96.